The summed E-state index contributed by atoms with van der Waals surface area (Å²) < 4.78 is 4.75. The highest BCUT2D eigenvalue weighted by Gasteiger charge is 2.19. The lowest BCUT2D eigenvalue weighted by molar-refractivity contribution is -0.144. The molecule has 0 saturated carbocycles. The van der Waals surface area contributed by atoms with Gasteiger partial charge in [0, 0.05) is 6.92 Å². The average Bonchev–Trinajstić information content (AvgIpc) is 1.53. The van der Waals surface area contributed by atoms with Crippen LogP contribution >= 0.6 is 39.7 Å². The van der Waals surface area contributed by atoms with Crippen LogP contribution in [0.15, 0.2) is 0 Å². The molecule has 0 aromatic carbocycles. The molecule has 0 bridgehead atoms. The fraction of sp³-hybridized carbons (Fsp3) is 0.800. The highest BCUT2D eigenvalue weighted by molar-refractivity contribution is 8.79. The second-order valence-corrected chi connectivity index (χ2v) is 9.59. The van der Waals surface area contributed by atoms with Gasteiger partial charge in [-0.1, -0.05) is 0 Å². The summed E-state index contributed by atoms with van der Waals surface area (Å²) in [6.45, 7) is 3.01. The largest absolute Gasteiger partial charge is 0.462 e. The molecule has 6 heteroatoms. The fourth-order valence-electron chi connectivity index (χ4n) is 0.583. The van der Waals surface area contributed by atoms with E-state index in [0.717, 1.165) is 0 Å². The van der Waals surface area contributed by atoms with Crippen LogP contribution in [0, 0.1) is 0 Å². The number of carbonyl (C=O) groups excluding carboxylic acids is 1. The Morgan fingerprint density at radius 2 is 2.00 bits per heavy atom. The first-order valence-corrected chi connectivity index (χ1v) is 7.16. The number of esters is 1. The fourth-order valence-corrected chi connectivity index (χ4v) is 2.78. The number of ether oxygens (including phenoxy) is 1. The minimum atomic E-state index is -2.13. The summed E-state index contributed by atoms with van der Waals surface area (Å²) >= 11 is 0. The van der Waals surface area contributed by atoms with Crippen molar-refractivity contribution in [2.24, 2.45) is 0 Å². The molecule has 0 aliphatic heterocycles. The van der Waals surface area contributed by atoms with Gasteiger partial charge >= 0.3 is 5.97 Å². The van der Waals surface area contributed by atoms with Crippen molar-refractivity contribution in [2.75, 3.05) is 5.75 Å². The molecule has 0 aliphatic rings. The van der Waals surface area contributed by atoms with Crippen LogP contribution in [0.4, 0.5) is 0 Å². The van der Waals surface area contributed by atoms with Crippen LogP contribution in [0.5, 0.6) is 0 Å². The van der Waals surface area contributed by atoms with E-state index < -0.39 is 7.67 Å². The van der Waals surface area contributed by atoms with Gasteiger partial charge in [-0.3, -0.25) is 4.79 Å². The number of carbonyl (C=O) groups is 1. The van der Waals surface area contributed by atoms with E-state index in [0.29, 0.717) is 0 Å². The lowest BCUT2D eigenvalue weighted by Gasteiger charge is -2.19. The van der Waals surface area contributed by atoms with E-state index in [1.165, 1.54) is 6.92 Å². The Kier molecular flexibility index (Phi) is 4.94. The zero-order chi connectivity index (χ0) is 9.07. The maximum Gasteiger partial charge on any atom is 0.302 e. The van der Waals surface area contributed by atoms with Gasteiger partial charge in [-0.15, -0.1) is 0 Å². The molecule has 0 N–H and O–H groups in total. The second-order valence-electron chi connectivity index (χ2n) is 2.09. The summed E-state index contributed by atoms with van der Waals surface area (Å²) in [5.74, 6) is -0.0665. The molecule has 0 amide bonds. The van der Waals surface area contributed by atoms with Gasteiger partial charge in [-0.25, -0.2) is 0 Å². The number of hydrogen-bond donors (Lipinski definition) is 0. The maximum atomic E-state index is 10.4. The van der Waals surface area contributed by atoms with Crippen molar-refractivity contribution in [3.8, 4) is 0 Å². The number of hydrogen-bond acceptors (Lipinski definition) is 2. The first kappa shape index (κ1) is 11.7. The van der Waals surface area contributed by atoms with Gasteiger partial charge in [-0.2, -0.15) is 0 Å². The minimum absolute atomic E-state index is 0.289. The summed E-state index contributed by atoms with van der Waals surface area (Å²) in [7, 11) is 14.5. The third-order valence-electron chi connectivity index (χ3n) is 0.791. The Morgan fingerprint density at radius 3 is 2.27 bits per heavy atom. The molecule has 0 aromatic rings. The standard InChI is InChI=1S/C5H9Cl3O2S/c1-4(10-5(2)9)3-11(6,7)8/h4H,3H2,1-2H3. The van der Waals surface area contributed by atoms with Gasteiger partial charge < -0.3 is 4.74 Å². The van der Waals surface area contributed by atoms with E-state index in [-0.39, 0.29) is 17.8 Å². The normalized spacial score (nSPS) is 15.7. The van der Waals surface area contributed by atoms with Crippen molar-refractivity contribution in [1.29, 1.82) is 0 Å². The third-order valence-corrected chi connectivity index (χ3v) is 2.77. The van der Waals surface area contributed by atoms with Crippen LogP contribution < -0.4 is 0 Å². The predicted octanol–water partition coefficient (Wildman–Crippen LogP) is 3.20. The topological polar surface area (TPSA) is 26.3 Å². The quantitative estimate of drug-likeness (QED) is 0.707. The highest BCUT2D eigenvalue weighted by Crippen LogP contribution is 2.63. The van der Waals surface area contributed by atoms with E-state index in [1.54, 1.807) is 6.92 Å². The molecule has 0 saturated heterocycles. The minimum Gasteiger partial charge on any atom is -0.462 e. The molecule has 68 valence electrons. The zero-order valence-electron chi connectivity index (χ0n) is 6.14. The van der Waals surface area contributed by atoms with Crippen molar-refractivity contribution in [1.82, 2.24) is 0 Å². The summed E-state index contributed by atoms with van der Waals surface area (Å²) in [5.41, 5.74) is 0. The van der Waals surface area contributed by atoms with Gasteiger partial charge in [0.1, 0.15) is 6.10 Å². The van der Waals surface area contributed by atoms with E-state index in [1.807, 2.05) is 0 Å². The summed E-state index contributed by atoms with van der Waals surface area (Å²) in [6, 6.07) is 0. The number of rotatable bonds is 3. The molecule has 0 spiro atoms. The molecular weight excluding hydrogens is 230 g/mol. The van der Waals surface area contributed by atoms with Crippen molar-refractivity contribution in [2.45, 2.75) is 20.0 Å². The van der Waals surface area contributed by atoms with Gasteiger partial charge in [0.25, 0.3) is 0 Å². The second kappa shape index (κ2) is 4.65. The molecule has 1 unspecified atom stereocenters. The lowest BCUT2D eigenvalue weighted by atomic mass is 10.5. The van der Waals surface area contributed by atoms with Crippen LogP contribution in [0.25, 0.3) is 0 Å². The Hall–Kier alpha value is 0.690. The SMILES string of the molecule is CC(=O)OC(C)CS(Cl)(Cl)Cl. The first-order valence-electron chi connectivity index (χ1n) is 2.88. The molecule has 2 nitrogen and oxygen atoms in total. The smallest absolute Gasteiger partial charge is 0.302 e. The van der Waals surface area contributed by atoms with E-state index in [9.17, 15) is 4.79 Å². The molecule has 0 radical (unpaired) electrons. The van der Waals surface area contributed by atoms with Crippen LogP contribution in [0.2, 0.25) is 0 Å². The van der Waals surface area contributed by atoms with Gasteiger partial charge in [0.05, 0.1) is 5.75 Å². The van der Waals surface area contributed by atoms with Crippen molar-refractivity contribution >= 4 is 45.7 Å². The van der Waals surface area contributed by atoms with E-state index in [4.69, 9.17) is 36.8 Å². The Balaban J connectivity index is 3.69. The molecule has 0 aromatic heterocycles. The van der Waals surface area contributed by atoms with Crippen LogP contribution in [-0.4, -0.2) is 17.8 Å². The van der Waals surface area contributed by atoms with Crippen LogP contribution in [0.3, 0.4) is 0 Å². The molecule has 0 rings (SSSR count). The predicted molar refractivity (Wildman–Crippen MR) is 51.2 cm³/mol. The van der Waals surface area contributed by atoms with E-state index >= 15 is 0 Å². The van der Waals surface area contributed by atoms with Crippen molar-refractivity contribution < 1.29 is 9.53 Å². The van der Waals surface area contributed by atoms with Gasteiger partial charge in [0.15, 0.2) is 0 Å². The first-order chi connectivity index (χ1) is 4.81. The van der Waals surface area contributed by atoms with Crippen molar-refractivity contribution in [3.63, 3.8) is 0 Å². The Morgan fingerprint density at radius 1 is 1.55 bits per heavy atom. The van der Waals surface area contributed by atoms with Crippen LogP contribution in [0.1, 0.15) is 13.8 Å². The lowest BCUT2D eigenvalue weighted by Crippen LogP contribution is -2.16. The molecular formula is C5H9Cl3O2S. The van der Waals surface area contributed by atoms with Crippen molar-refractivity contribution in [3.05, 3.63) is 0 Å². The van der Waals surface area contributed by atoms with Crippen LogP contribution in [-0.2, 0) is 9.53 Å². The summed E-state index contributed by atoms with van der Waals surface area (Å²) in [6.07, 6.45) is -0.324. The van der Waals surface area contributed by atoms with E-state index in [2.05, 4.69) is 0 Å². The molecule has 11 heavy (non-hydrogen) atoms. The molecule has 0 aliphatic carbocycles. The molecule has 1 atom stereocenters. The molecule has 0 fully saturated rings. The third kappa shape index (κ3) is 8.60. The summed E-state index contributed by atoms with van der Waals surface area (Å²) in [4.78, 5) is 10.4. The molecule has 0 heterocycles. The van der Waals surface area contributed by atoms with Gasteiger partial charge in [0.2, 0.25) is 0 Å². The average molecular weight is 240 g/mol. The monoisotopic (exact) mass is 238 g/mol. The van der Waals surface area contributed by atoms with Gasteiger partial charge in [-0.05, 0) is 46.6 Å². The highest BCUT2D eigenvalue weighted by atomic mass is 36.2. The zero-order valence-corrected chi connectivity index (χ0v) is 9.23. The Labute approximate surface area is 81.0 Å². The maximum absolute atomic E-state index is 10.4. The summed E-state index contributed by atoms with van der Waals surface area (Å²) in [5, 5.41) is 0. The Bertz CT molecular complexity index is 145. The number of halogens is 3.